The Kier molecular flexibility index (Phi) is 2.38. The number of carboxylic acid groups (broad SMARTS) is 1. The molecule has 0 saturated carbocycles. The van der Waals surface area contributed by atoms with E-state index in [0.29, 0.717) is 5.69 Å². The van der Waals surface area contributed by atoms with Gasteiger partial charge in [0, 0.05) is 5.69 Å². The highest BCUT2D eigenvalue weighted by Gasteiger charge is 2.11. The van der Waals surface area contributed by atoms with Gasteiger partial charge in [-0.25, -0.2) is 0 Å². The van der Waals surface area contributed by atoms with Gasteiger partial charge < -0.3 is 9.67 Å². The minimum Gasteiger partial charge on any atom is -0.480 e. The summed E-state index contributed by atoms with van der Waals surface area (Å²) < 4.78 is 1.50. The van der Waals surface area contributed by atoms with E-state index in [1.165, 1.54) is 4.57 Å². The standard InChI is InChI=1S/C9H10N2O2/c1-6-3-7(2)11(5-9(12)13)8(6)4-10/h3H,5H2,1-2H3,(H,12,13). The van der Waals surface area contributed by atoms with Crippen molar-refractivity contribution in [1.82, 2.24) is 4.57 Å². The normalized spacial score (nSPS) is 9.62. The fraction of sp³-hybridized carbons (Fsp3) is 0.333. The number of carboxylic acids is 1. The number of aryl methyl sites for hydroxylation is 2. The van der Waals surface area contributed by atoms with Crippen LogP contribution in [-0.2, 0) is 11.3 Å². The van der Waals surface area contributed by atoms with Crippen LogP contribution in [0, 0.1) is 25.2 Å². The van der Waals surface area contributed by atoms with Crippen molar-refractivity contribution in [3.8, 4) is 6.07 Å². The van der Waals surface area contributed by atoms with Gasteiger partial charge in [-0.3, -0.25) is 4.79 Å². The largest absolute Gasteiger partial charge is 0.480 e. The number of rotatable bonds is 2. The van der Waals surface area contributed by atoms with Crippen molar-refractivity contribution in [3.05, 3.63) is 23.0 Å². The Morgan fingerprint density at radius 1 is 1.69 bits per heavy atom. The molecule has 0 unspecified atom stereocenters. The zero-order chi connectivity index (χ0) is 10.0. The molecule has 0 aliphatic rings. The molecule has 0 radical (unpaired) electrons. The van der Waals surface area contributed by atoms with E-state index in [2.05, 4.69) is 0 Å². The summed E-state index contributed by atoms with van der Waals surface area (Å²) in [6.45, 7) is 3.43. The topological polar surface area (TPSA) is 66.0 Å². The smallest absolute Gasteiger partial charge is 0.323 e. The van der Waals surface area contributed by atoms with Gasteiger partial charge >= 0.3 is 5.97 Å². The summed E-state index contributed by atoms with van der Waals surface area (Å²) in [6, 6.07) is 3.80. The van der Waals surface area contributed by atoms with E-state index in [1.807, 2.05) is 12.1 Å². The van der Waals surface area contributed by atoms with E-state index < -0.39 is 5.97 Å². The summed E-state index contributed by atoms with van der Waals surface area (Å²) in [5.41, 5.74) is 2.05. The lowest BCUT2D eigenvalue weighted by Gasteiger charge is -2.02. The summed E-state index contributed by atoms with van der Waals surface area (Å²) in [5, 5.41) is 17.4. The lowest BCUT2D eigenvalue weighted by atomic mass is 10.3. The number of hydrogen-bond acceptors (Lipinski definition) is 2. The molecule has 0 bridgehead atoms. The molecule has 0 aliphatic carbocycles. The molecule has 4 nitrogen and oxygen atoms in total. The van der Waals surface area contributed by atoms with Crippen molar-refractivity contribution in [2.24, 2.45) is 0 Å². The molecule has 0 fully saturated rings. The molecular formula is C9H10N2O2. The van der Waals surface area contributed by atoms with Gasteiger partial charge in [-0.1, -0.05) is 0 Å². The van der Waals surface area contributed by atoms with Crippen molar-refractivity contribution >= 4 is 5.97 Å². The van der Waals surface area contributed by atoms with Crippen LogP contribution in [0.5, 0.6) is 0 Å². The molecule has 0 atom stereocenters. The van der Waals surface area contributed by atoms with E-state index in [1.54, 1.807) is 13.8 Å². The second-order valence-electron chi connectivity index (χ2n) is 2.91. The Labute approximate surface area is 76.0 Å². The molecule has 0 saturated heterocycles. The second kappa shape index (κ2) is 3.31. The third kappa shape index (κ3) is 1.70. The summed E-state index contributed by atoms with van der Waals surface area (Å²) in [7, 11) is 0. The highest BCUT2D eigenvalue weighted by molar-refractivity contribution is 5.67. The number of aromatic nitrogens is 1. The van der Waals surface area contributed by atoms with E-state index in [9.17, 15) is 4.79 Å². The molecule has 0 spiro atoms. The predicted molar refractivity (Wildman–Crippen MR) is 46.3 cm³/mol. The Balaban J connectivity index is 3.19. The average Bonchev–Trinajstić information content (AvgIpc) is 2.26. The van der Waals surface area contributed by atoms with Crippen LogP contribution >= 0.6 is 0 Å². The molecular weight excluding hydrogens is 168 g/mol. The van der Waals surface area contributed by atoms with Gasteiger partial charge in [-0.15, -0.1) is 0 Å². The van der Waals surface area contributed by atoms with Gasteiger partial charge in [0.2, 0.25) is 0 Å². The van der Waals surface area contributed by atoms with Crippen LogP contribution < -0.4 is 0 Å². The quantitative estimate of drug-likeness (QED) is 0.736. The van der Waals surface area contributed by atoms with Gasteiger partial charge in [0.25, 0.3) is 0 Å². The van der Waals surface area contributed by atoms with Crippen LogP contribution in [-0.4, -0.2) is 15.6 Å². The van der Waals surface area contributed by atoms with Crippen molar-refractivity contribution in [1.29, 1.82) is 5.26 Å². The van der Waals surface area contributed by atoms with Crippen LogP contribution in [0.3, 0.4) is 0 Å². The number of carbonyl (C=O) groups is 1. The molecule has 1 heterocycles. The average molecular weight is 178 g/mol. The van der Waals surface area contributed by atoms with Crippen LogP contribution in [0.25, 0.3) is 0 Å². The lowest BCUT2D eigenvalue weighted by molar-refractivity contribution is -0.137. The van der Waals surface area contributed by atoms with Gasteiger partial charge in [0.05, 0.1) is 0 Å². The maximum atomic E-state index is 10.5. The highest BCUT2D eigenvalue weighted by Crippen LogP contribution is 2.13. The zero-order valence-electron chi connectivity index (χ0n) is 7.53. The number of aliphatic carboxylic acids is 1. The Bertz CT molecular complexity index is 385. The summed E-state index contributed by atoms with van der Waals surface area (Å²) in [5.74, 6) is -0.935. The molecule has 1 aromatic rings. The molecule has 1 rings (SSSR count). The monoisotopic (exact) mass is 178 g/mol. The fourth-order valence-corrected chi connectivity index (χ4v) is 1.34. The molecule has 1 aromatic heterocycles. The van der Waals surface area contributed by atoms with E-state index in [0.717, 1.165) is 11.3 Å². The fourth-order valence-electron chi connectivity index (χ4n) is 1.34. The number of nitriles is 1. The maximum Gasteiger partial charge on any atom is 0.323 e. The van der Waals surface area contributed by atoms with E-state index in [-0.39, 0.29) is 6.54 Å². The molecule has 68 valence electrons. The SMILES string of the molecule is Cc1cc(C)n(CC(=O)O)c1C#N. The number of nitrogens with zero attached hydrogens (tertiary/aromatic N) is 2. The minimum atomic E-state index is -0.935. The second-order valence-corrected chi connectivity index (χ2v) is 2.91. The maximum absolute atomic E-state index is 10.5. The Morgan fingerprint density at radius 2 is 2.31 bits per heavy atom. The Morgan fingerprint density at radius 3 is 2.77 bits per heavy atom. The van der Waals surface area contributed by atoms with Gasteiger partial charge in [-0.05, 0) is 25.5 Å². The van der Waals surface area contributed by atoms with E-state index >= 15 is 0 Å². The first-order valence-corrected chi connectivity index (χ1v) is 3.85. The van der Waals surface area contributed by atoms with Crippen molar-refractivity contribution in [2.45, 2.75) is 20.4 Å². The molecule has 1 N–H and O–H groups in total. The summed E-state index contributed by atoms with van der Waals surface area (Å²) in [6.07, 6.45) is 0. The van der Waals surface area contributed by atoms with Gasteiger partial charge in [0.15, 0.2) is 0 Å². The van der Waals surface area contributed by atoms with Gasteiger partial charge in [-0.2, -0.15) is 5.26 Å². The summed E-state index contributed by atoms with van der Waals surface area (Å²) >= 11 is 0. The van der Waals surface area contributed by atoms with Crippen LogP contribution in [0.15, 0.2) is 6.07 Å². The predicted octanol–water partition coefficient (Wildman–Crippen LogP) is 1.06. The first kappa shape index (κ1) is 9.33. The molecule has 0 aromatic carbocycles. The third-order valence-electron chi connectivity index (χ3n) is 1.89. The zero-order valence-corrected chi connectivity index (χ0v) is 7.53. The minimum absolute atomic E-state index is 0.150. The van der Waals surface area contributed by atoms with Crippen molar-refractivity contribution in [2.75, 3.05) is 0 Å². The Hall–Kier alpha value is -1.76. The first-order valence-electron chi connectivity index (χ1n) is 3.85. The third-order valence-corrected chi connectivity index (χ3v) is 1.89. The molecule has 4 heteroatoms. The van der Waals surface area contributed by atoms with Crippen molar-refractivity contribution in [3.63, 3.8) is 0 Å². The lowest BCUT2D eigenvalue weighted by Crippen LogP contribution is -2.11. The summed E-state index contributed by atoms with van der Waals surface area (Å²) in [4.78, 5) is 10.5. The van der Waals surface area contributed by atoms with Gasteiger partial charge in [0.1, 0.15) is 18.3 Å². The van der Waals surface area contributed by atoms with E-state index in [4.69, 9.17) is 10.4 Å². The molecule has 13 heavy (non-hydrogen) atoms. The molecule has 0 amide bonds. The van der Waals surface area contributed by atoms with Crippen LogP contribution in [0.1, 0.15) is 17.0 Å². The van der Waals surface area contributed by atoms with Crippen LogP contribution in [0.4, 0.5) is 0 Å². The molecule has 0 aliphatic heterocycles. The highest BCUT2D eigenvalue weighted by atomic mass is 16.4. The first-order chi connectivity index (χ1) is 6.06. The van der Waals surface area contributed by atoms with Crippen LogP contribution in [0.2, 0.25) is 0 Å². The number of hydrogen-bond donors (Lipinski definition) is 1. The van der Waals surface area contributed by atoms with Crippen molar-refractivity contribution < 1.29 is 9.90 Å².